The van der Waals surface area contributed by atoms with E-state index < -0.39 is 0 Å². The quantitative estimate of drug-likeness (QED) is 0.599. The van der Waals surface area contributed by atoms with Gasteiger partial charge < -0.3 is 4.74 Å². The molecule has 0 aliphatic rings. The summed E-state index contributed by atoms with van der Waals surface area (Å²) in [6.45, 7) is 6.12. The van der Waals surface area contributed by atoms with E-state index in [2.05, 4.69) is 6.58 Å². The zero-order valence-corrected chi connectivity index (χ0v) is 6.71. The van der Waals surface area contributed by atoms with Gasteiger partial charge in [0, 0.05) is 0 Å². The van der Waals surface area contributed by atoms with Crippen LogP contribution in [-0.4, -0.2) is 0 Å². The summed E-state index contributed by atoms with van der Waals surface area (Å²) in [7, 11) is 0. The SMILES string of the molecule is C=C(C)OCc1ccccc1. The maximum atomic E-state index is 5.23. The van der Waals surface area contributed by atoms with Gasteiger partial charge in [0.05, 0.1) is 5.76 Å². The minimum Gasteiger partial charge on any atom is -0.494 e. The summed E-state index contributed by atoms with van der Waals surface area (Å²) in [5, 5.41) is 0. The van der Waals surface area contributed by atoms with Crippen molar-refractivity contribution in [3.63, 3.8) is 0 Å². The van der Waals surface area contributed by atoms with Gasteiger partial charge in [-0.25, -0.2) is 0 Å². The van der Waals surface area contributed by atoms with Gasteiger partial charge in [-0.1, -0.05) is 36.9 Å². The monoisotopic (exact) mass is 148 g/mol. The molecule has 1 nitrogen and oxygen atoms in total. The van der Waals surface area contributed by atoms with Gasteiger partial charge >= 0.3 is 0 Å². The van der Waals surface area contributed by atoms with Gasteiger partial charge in [-0.05, 0) is 12.5 Å². The third-order valence-corrected chi connectivity index (χ3v) is 1.33. The van der Waals surface area contributed by atoms with Gasteiger partial charge in [0.25, 0.3) is 0 Å². The molecule has 0 saturated carbocycles. The van der Waals surface area contributed by atoms with Crippen molar-refractivity contribution in [1.82, 2.24) is 0 Å². The van der Waals surface area contributed by atoms with Crippen molar-refractivity contribution in [2.75, 3.05) is 0 Å². The first-order chi connectivity index (χ1) is 5.29. The van der Waals surface area contributed by atoms with Crippen molar-refractivity contribution in [1.29, 1.82) is 0 Å². The van der Waals surface area contributed by atoms with Gasteiger partial charge in [0.2, 0.25) is 0 Å². The Morgan fingerprint density at radius 1 is 1.36 bits per heavy atom. The van der Waals surface area contributed by atoms with Crippen LogP contribution < -0.4 is 0 Å². The van der Waals surface area contributed by atoms with Crippen LogP contribution in [0.1, 0.15) is 12.5 Å². The average Bonchev–Trinajstić information content (AvgIpc) is 2.03. The van der Waals surface area contributed by atoms with E-state index in [0.29, 0.717) is 6.61 Å². The van der Waals surface area contributed by atoms with Crippen molar-refractivity contribution in [2.24, 2.45) is 0 Å². The van der Waals surface area contributed by atoms with Crippen LogP contribution >= 0.6 is 0 Å². The summed E-state index contributed by atoms with van der Waals surface area (Å²) in [5.41, 5.74) is 1.18. The zero-order valence-electron chi connectivity index (χ0n) is 6.71. The van der Waals surface area contributed by atoms with Crippen LogP contribution in [0.15, 0.2) is 42.7 Å². The fourth-order valence-corrected chi connectivity index (χ4v) is 0.781. The molecule has 0 heterocycles. The summed E-state index contributed by atoms with van der Waals surface area (Å²) >= 11 is 0. The van der Waals surface area contributed by atoms with Crippen LogP contribution in [0.25, 0.3) is 0 Å². The molecule has 0 fully saturated rings. The highest BCUT2D eigenvalue weighted by atomic mass is 16.5. The Balaban J connectivity index is 2.45. The van der Waals surface area contributed by atoms with E-state index in [1.807, 2.05) is 37.3 Å². The maximum Gasteiger partial charge on any atom is 0.113 e. The van der Waals surface area contributed by atoms with Gasteiger partial charge in [-0.2, -0.15) is 0 Å². The van der Waals surface area contributed by atoms with Crippen molar-refractivity contribution in [3.05, 3.63) is 48.2 Å². The number of benzene rings is 1. The minimum absolute atomic E-state index is 0.621. The van der Waals surface area contributed by atoms with Crippen molar-refractivity contribution in [3.8, 4) is 0 Å². The second-order valence-electron chi connectivity index (χ2n) is 2.48. The maximum absolute atomic E-state index is 5.23. The van der Waals surface area contributed by atoms with E-state index in [1.165, 1.54) is 5.56 Å². The zero-order chi connectivity index (χ0) is 8.10. The lowest BCUT2D eigenvalue weighted by molar-refractivity contribution is 0.202. The Morgan fingerprint density at radius 3 is 2.55 bits per heavy atom. The Labute approximate surface area is 67.3 Å². The molecule has 11 heavy (non-hydrogen) atoms. The van der Waals surface area contributed by atoms with Crippen LogP contribution in [-0.2, 0) is 11.3 Å². The lowest BCUT2D eigenvalue weighted by Gasteiger charge is -2.03. The van der Waals surface area contributed by atoms with Crippen molar-refractivity contribution >= 4 is 0 Å². The van der Waals surface area contributed by atoms with Gasteiger partial charge in [-0.15, -0.1) is 0 Å². The van der Waals surface area contributed by atoms with Crippen molar-refractivity contribution < 1.29 is 4.74 Å². The molecule has 0 spiro atoms. The van der Waals surface area contributed by atoms with E-state index in [4.69, 9.17) is 4.74 Å². The normalized spacial score (nSPS) is 9.18. The molecule has 0 aromatic heterocycles. The summed E-state index contributed by atoms with van der Waals surface area (Å²) in [6, 6.07) is 10.0. The van der Waals surface area contributed by atoms with E-state index in [9.17, 15) is 0 Å². The molecule has 0 N–H and O–H groups in total. The average molecular weight is 148 g/mol. The van der Waals surface area contributed by atoms with E-state index in [1.54, 1.807) is 0 Å². The van der Waals surface area contributed by atoms with Gasteiger partial charge in [0.1, 0.15) is 6.61 Å². The van der Waals surface area contributed by atoms with Gasteiger partial charge in [0.15, 0.2) is 0 Å². The highest BCUT2D eigenvalue weighted by molar-refractivity contribution is 5.13. The van der Waals surface area contributed by atoms with Crippen LogP contribution in [0.2, 0.25) is 0 Å². The molecule has 1 aromatic rings. The van der Waals surface area contributed by atoms with E-state index >= 15 is 0 Å². The van der Waals surface area contributed by atoms with Crippen LogP contribution in [0.3, 0.4) is 0 Å². The standard InChI is InChI=1S/C10H12O/c1-9(2)11-8-10-6-4-3-5-7-10/h3-7H,1,8H2,2H3. The molecular formula is C10H12O. The predicted molar refractivity (Wildman–Crippen MR) is 46.0 cm³/mol. The van der Waals surface area contributed by atoms with Crippen LogP contribution in [0.5, 0.6) is 0 Å². The third kappa shape index (κ3) is 2.89. The predicted octanol–water partition coefficient (Wildman–Crippen LogP) is 2.74. The molecule has 0 bridgehead atoms. The highest BCUT2D eigenvalue weighted by Crippen LogP contribution is 2.02. The molecule has 1 heteroatoms. The Morgan fingerprint density at radius 2 is 2.00 bits per heavy atom. The minimum atomic E-state index is 0.621. The number of allylic oxidation sites excluding steroid dienone is 1. The number of ether oxygens (including phenoxy) is 1. The molecule has 0 aliphatic carbocycles. The molecule has 0 saturated heterocycles. The topological polar surface area (TPSA) is 9.23 Å². The second kappa shape index (κ2) is 3.81. The Kier molecular flexibility index (Phi) is 2.73. The van der Waals surface area contributed by atoms with E-state index in [-0.39, 0.29) is 0 Å². The molecule has 0 atom stereocenters. The van der Waals surface area contributed by atoms with E-state index in [0.717, 1.165) is 5.76 Å². The molecule has 0 unspecified atom stereocenters. The Hall–Kier alpha value is -1.24. The number of rotatable bonds is 3. The molecule has 1 aromatic carbocycles. The number of hydrogen-bond donors (Lipinski definition) is 0. The fourth-order valence-electron chi connectivity index (χ4n) is 0.781. The summed E-state index contributed by atoms with van der Waals surface area (Å²) in [5.74, 6) is 0.758. The third-order valence-electron chi connectivity index (χ3n) is 1.33. The first-order valence-electron chi connectivity index (χ1n) is 3.61. The highest BCUT2D eigenvalue weighted by Gasteiger charge is 1.89. The summed E-state index contributed by atoms with van der Waals surface area (Å²) in [4.78, 5) is 0. The Bertz CT molecular complexity index is 226. The molecule has 0 aliphatic heterocycles. The molecule has 58 valence electrons. The molecule has 1 rings (SSSR count). The lowest BCUT2D eigenvalue weighted by Crippen LogP contribution is -1.88. The van der Waals surface area contributed by atoms with Crippen LogP contribution in [0, 0.1) is 0 Å². The largest absolute Gasteiger partial charge is 0.494 e. The molecule has 0 radical (unpaired) electrons. The fraction of sp³-hybridized carbons (Fsp3) is 0.200. The molecular weight excluding hydrogens is 136 g/mol. The second-order valence-corrected chi connectivity index (χ2v) is 2.48. The lowest BCUT2D eigenvalue weighted by atomic mass is 10.2. The molecule has 0 amide bonds. The van der Waals surface area contributed by atoms with Crippen molar-refractivity contribution in [2.45, 2.75) is 13.5 Å². The first kappa shape index (κ1) is 7.86. The van der Waals surface area contributed by atoms with Crippen LogP contribution in [0.4, 0.5) is 0 Å². The first-order valence-corrected chi connectivity index (χ1v) is 3.61. The number of hydrogen-bond acceptors (Lipinski definition) is 1. The van der Waals surface area contributed by atoms with Gasteiger partial charge in [-0.3, -0.25) is 0 Å². The smallest absolute Gasteiger partial charge is 0.113 e. The summed E-state index contributed by atoms with van der Waals surface area (Å²) in [6.07, 6.45) is 0. The summed E-state index contributed by atoms with van der Waals surface area (Å²) < 4.78 is 5.23.